The van der Waals surface area contributed by atoms with Gasteiger partial charge in [-0.25, -0.2) is 0 Å². The fraction of sp³-hybridized carbons (Fsp3) is 0.235. The number of hydrogen-bond acceptors (Lipinski definition) is 4. The first kappa shape index (κ1) is 14.3. The van der Waals surface area contributed by atoms with Crippen LogP contribution in [-0.2, 0) is 6.54 Å². The number of hydrogen-bond donors (Lipinski definition) is 2. The number of anilines is 1. The van der Waals surface area contributed by atoms with E-state index < -0.39 is 0 Å². The van der Waals surface area contributed by atoms with Crippen LogP contribution in [0.2, 0.25) is 0 Å². The van der Waals surface area contributed by atoms with Crippen molar-refractivity contribution < 1.29 is 9.52 Å². The molecule has 22 heavy (non-hydrogen) atoms. The lowest BCUT2D eigenvalue weighted by atomic mass is 10.0. The maximum Gasteiger partial charge on any atom is 0.260 e. The molecule has 3 aromatic rings. The first-order valence-electron chi connectivity index (χ1n) is 7.28. The van der Waals surface area contributed by atoms with Gasteiger partial charge in [-0.3, -0.25) is 4.79 Å². The minimum atomic E-state index is -0.374. The number of benzene rings is 1. The second kappa shape index (κ2) is 5.60. The quantitative estimate of drug-likeness (QED) is 0.773. The van der Waals surface area contributed by atoms with Gasteiger partial charge in [0.1, 0.15) is 5.75 Å². The molecule has 0 unspecified atom stereocenters. The number of aryl methyl sites for hydroxylation is 1. The van der Waals surface area contributed by atoms with Gasteiger partial charge in [0.25, 0.3) is 5.56 Å². The predicted molar refractivity (Wildman–Crippen MR) is 86.3 cm³/mol. The number of para-hydroxylation sites is 1. The Morgan fingerprint density at radius 3 is 2.73 bits per heavy atom. The Morgan fingerprint density at radius 1 is 1.27 bits per heavy atom. The summed E-state index contributed by atoms with van der Waals surface area (Å²) >= 11 is 0. The van der Waals surface area contributed by atoms with E-state index in [2.05, 4.69) is 5.32 Å². The lowest BCUT2D eigenvalue weighted by molar-refractivity contribution is 0.466. The molecule has 0 spiro atoms. The zero-order valence-corrected chi connectivity index (χ0v) is 12.5. The third-order valence-electron chi connectivity index (χ3n) is 3.81. The van der Waals surface area contributed by atoms with Crippen LogP contribution >= 0.6 is 0 Å². The number of nitrogens with one attached hydrogen (secondary N) is 1. The van der Waals surface area contributed by atoms with Gasteiger partial charge >= 0.3 is 0 Å². The first-order chi connectivity index (χ1) is 10.6. The maximum absolute atomic E-state index is 12.7. The van der Waals surface area contributed by atoms with Gasteiger partial charge in [0.2, 0.25) is 0 Å². The summed E-state index contributed by atoms with van der Waals surface area (Å²) in [5, 5.41) is 14.3. The molecule has 5 nitrogen and oxygen atoms in total. The Hall–Kier alpha value is -2.69. The van der Waals surface area contributed by atoms with Gasteiger partial charge in [-0.1, -0.05) is 12.1 Å². The molecule has 2 heterocycles. The number of nitrogens with zero attached hydrogens (tertiary/aromatic N) is 1. The van der Waals surface area contributed by atoms with Gasteiger partial charge in [-0.05, 0) is 32.0 Å². The van der Waals surface area contributed by atoms with Gasteiger partial charge in [0.15, 0.2) is 5.88 Å². The molecule has 3 rings (SSSR count). The zero-order valence-electron chi connectivity index (χ0n) is 12.5. The van der Waals surface area contributed by atoms with Crippen LogP contribution in [0.1, 0.15) is 25.5 Å². The fourth-order valence-electron chi connectivity index (χ4n) is 2.76. The highest BCUT2D eigenvalue weighted by Gasteiger charge is 2.20. The average Bonchev–Trinajstić information content (AvgIpc) is 3.01. The third kappa shape index (κ3) is 2.24. The predicted octanol–water partition coefficient (Wildman–Crippen LogP) is 3.49. The van der Waals surface area contributed by atoms with Crippen molar-refractivity contribution in [3.63, 3.8) is 0 Å². The number of aromatic hydroxyl groups is 1. The molecule has 0 saturated heterocycles. The fourth-order valence-corrected chi connectivity index (χ4v) is 2.76. The van der Waals surface area contributed by atoms with Crippen molar-refractivity contribution in [3.05, 3.63) is 58.6 Å². The SMILES string of the molecule is CCn1c(=O)c([C@H](C)Nc2ccco2)c(O)c2ccccc21. The Bertz CT molecular complexity index is 850. The van der Waals surface area contributed by atoms with Crippen molar-refractivity contribution >= 4 is 16.8 Å². The number of pyridine rings is 1. The normalized spacial score (nSPS) is 12.5. The summed E-state index contributed by atoms with van der Waals surface area (Å²) in [6, 6.07) is 10.5. The molecule has 0 aliphatic carbocycles. The number of rotatable bonds is 4. The second-order valence-corrected chi connectivity index (χ2v) is 5.17. The molecule has 0 aliphatic rings. The standard InChI is InChI=1S/C17H18N2O3/c1-3-19-13-8-5-4-7-12(13)16(20)15(17(19)21)11(2)18-14-9-6-10-22-14/h4-11,18,20H,3H2,1-2H3/t11-/m0/s1. The van der Waals surface area contributed by atoms with Crippen molar-refractivity contribution in [2.45, 2.75) is 26.4 Å². The van der Waals surface area contributed by atoms with E-state index in [0.717, 1.165) is 5.52 Å². The van der Waals surface area contributed by atoms with E-state index in [4.69, 9.17) is 4.42 Å². The van der Waals surface area contributed by atoms with Crippen molar-refractivity contribution in [2.75, 3.05) is 5.32 Å². The van der Waals surface area contributed by atoms with Crippen molar-refractivity contribution in [1.82, 2.24) is 4.57 Å². The van der Waals surface area contributed by atoms with Gasteiger partial charge in [-0.15, -0.1) is 0 Å². The van der Waals surface area contributed by atoms with Crippen LogP contribution < -0.4 is 10.9 Å². The molecule has 114 valence electrons. The molecule has 0 bridgehead atoms. The highest BCUT2D eigenvalue weighted by Crippen LogP contribution is 2.31. The van der Waals surface area contributed by atoms with Gasteiger partial charge < -0.3 is 19.4 Å². The molecule has 0 fully saturated rings. The lowest BCUT2D eigenvalue weighted by Gasteiger charge is -2.18. The number of fused-ring (bicyclic) bond motifs is 1. The van der Waals surface area contributed by atoms with E-state index >= 15 is 0 Å². The Balaban J connectivity index is 2.18. The monoisotopic (exact) mass is 298 g/mol. The van der Waals surface area contributed by atoms with Crippen LogP contribution in [0.15, 0.2) is 51.9 Å². The van der Waals surface area contributed by atoms with E-state index in [1.165, 1.54) is 0 Å². The summed E-state index contributed by atoms with van der Waals surface area (Å²) in [5.74, 6) is 0.583. The summed E-state index contributed by atoms with van der Waals surface area (Å²) in [6.07, 6.45) is 1.56. The first-order valence-corrected chi connectivity index (χ1v) is 7.28. The highest BCUT2D eigenvalue weighted by atomic mass is 16.3. The summed E-state index contributed by atoms with van der Waals surface area (Å²) in [4.78, 5) is 12.7. The number of aromatic nitrogens is 1. The van der Waals surface area contributed by atoms with Crippen LogP contribution in [0.3, 0.4) is 0 Å². The summed E-state index contributed by atoms with van der Waals surface area (Å²) < 4.78 is 6.92. The molecule has 5 heteroatoms. The van der Waals surface area contributed by atoms with Crippen LogP contribution in [0, 0.1) is 0 Å². The van der Waals surface area contributed by atoms with Crippen molar-refractivity contribution in [3.8, 4) is 5.75 Å². The molecular weight excluding hydrogens is 280 g/mol. The average molecular weight is 298 g/mol. The van der Waals surface area contributed by atoms with Crippen LogP contribution in [0.5, 0.6) is 5.75 Å². The lowest BCUT2D eigenvalue weighted by Crippen LogP contribution is -2.27. The summed E-state index contributed by atoms with van der Waals surface area (Å²) in [5.41, 5.74) is 0.892. The molecule has 0 saturated carbocycles. The van der Waals surface area contributed by atoms with E-state index in [-0.39, 0.29) is 17.4 Å². The largest absolute Gasteiger partial charge is 0.507 e. The summed E-state index contributed by atoms with van der Waals surface area (Å²) in [6.45, 7) is 4.28. The molecular formula is C17H18N2O3. The topological polar surface area (TPSA) is 67.4 Å². The Morgan fingerprint density at radius 2 is 2.05 bits per heavy atom. The van der Waals surface area contributed by atoms with Crippen molar-refractivity contribution in [2.24, 2.45) is 0 Å². The molecule has 2 N–H and O–H groups in total. The van der Waals surface area contributed by atoms with Crippen LogP contribution in [0.4, 0.5) is 5.88 Å². The van der Waals surface area contributed by atoms with E-state index in [1.807, 2.05) is 38.1 Å². The molecule has 1 aromatic carbocycles. The smallest absolute Gasteiger partial charge is 0.260 e. The number of furan rings is 1. The van der Waals surface area contributed by atoms with Gasteiger partial charge in [-0.2, -0.15) is 0 Å². The Labute approximate surface area is 127 Å². The van der Waals surface area contributed by atoms with Gasteiger partial charge in [0.05, 0.1) is 23.4 Å². The molecule has 1 atom stereocenters. The zero-order chi connectivity index (χ0) is 15.7. The highest BCUT2D eigenvalue weighted by molar-refractivity contribution is 5.86. The van der Waals surface area contributed by atoms with E-state index in [9.17, 15) is 9.90 Å². The van der Waals surface area contributed by atoms with E-state index in [0.29, 0.717) is 23.4 Å². The maximum atomic E-state index is 12.7. The molecule has 2 aromatic heterocycles. The van der Waals surface area contributed by atoms with Crippen LogP contribution in [-0.4, -0.2) is 9.67 Å². The molecule has 0 aliphatic heterocycles. The second-order valence-electron chi connectivity index (χ2n) is 5.17. The minimum absolute atomic E-state index is 0.0249. The van der Waals surface area contributed by atoms with Gasteiger partial charge in [0, 0.05) is 18.0 Å². The van der Waals surface area contributed by atoms with Crippen LogP contribution in [0.25, 0.3) is 10.9 Å². The van der Waals surface area contributed by atoms with E-state index in [1.54, 1.807) is 23.0 Å². The minimum Gasteiger partial charge on any atom is -0.507 e. The molecule has 0 amide bonds. The molecule has 0 radical (unpaired) electrons. The third-order valence-corrected chi connectivity index (χ3v) is 3.81. The Kier molecular flexibility index (Phi) is 3.63. The van der Waals surface area contributed by atoms with Crippen molar-refractivity contribution in [1.29, 1.82) is 0 Å². The summed E-state index contributed by atoms with van der Waals surface area (Å²) in [7, 11) is 0.